The number of fused-ring (bicyclic) bond motifs is 1. The van der Waals surface area contributed by atoms with Crippen molar-refractivity contribution in [2.75, 3.05) is 18.6 Å². The van der Waals surface area contributed by atoms with Crippen molar-refractivity contribution in [3.63, 3.8) is 0 Å². The third kappa shape index (κ3) is 6.21. The van der Waals surface area contributed by atoms with Crippen molar-refractivity contribution in [1.29, 1.82) is 0 Å². The summed E-state index contributed by atoms with van der Waals surface area (Å²) >= 11 is 0. The largest absolute Gasteiger partial charge is 0.443 e. The van der Waals surface area contributed by atoms with Gasteiger partial charge in [0.1, 0.15) is 18.0 Å². The van der Waals surface area contributed by atoms with Gasteiger partial charge in [-0.05, 0) is 67.9 Å². The van der Waals surface area contributed by atoms with Crippen molar-refractivity contribution >= 4 is 23.1 Å². The number of nitrogens with zero attached hydrogens (tertiary/aromatic N) is 5. The number of imidazole rings is 1. The fourth-order valence-electron chi connectivity index (χ4n) is 4.17. The molecule has 2 aromatic heterocycles. The van der Waals surface area contributed by atoms with Gasteiger partial charge in [0.15, 0.2) is 23.2 Å². The SMILES string of the molecule is C=C1[C@@H](n2cnc3c(N(C)C(=O)OC(C)(C)C)ncnc32)C(F)[C@H](OC(C)(C)C)[C@H]1COC(C)(C)C. The maximum absolute atomic E-state index is 16.1. The molecule has 0 radical (unpaired) electrons. The number of alkyl halides is 1. The lowest BCUT2D eigenvalue weighted by Gasteiger charge is -2.31. The first-order valence-corrected chi connectivity index (χ1v) is 12.2. The second-order valence-electron chi connectivity index (χ2n) is 12.2. The average molecular weight is 506 g/mol. The molecule has 9 nitrogen and oxygen atoms in total. The number of hydrogen-bond acceptors (Lipinski definition) is 7. The van der Waals surface area contributed by atoms with E-state index < -0.39 is 41.2 Å². The molecule has 1 fully saturated rings. The second-order valence-corrected chi connectivity index (χ2v) is 12.2. The normalized spacial score (nSPS) is 23.4. The molecule has 1 aliphatic carbocycles. The topological polar surface area (TPSA) is 91.6 Å². The number of aromatic nitrogens is 4. The van der Waals surface area contributed by atoms with E-state index in [4.69, 9.17) is 14.2 Å². The molecule has 0 saturated heterocycles. The number of rotatable bonds is 5. The summed E-state index contributed by atoms with van der Waals surface area (Å²) in [5, 5.41) is 0. The van der Waals surface area contributed by atoms with Gasteiger partial charge in [0.25, 0.3) is 0 Å². The van der Waals surface area contributed by atoms with Gasteiger partial charge in [-0.25, -0.2) is 24.1 Å². The van der Waals surface area contributed by atoms with Crippen LogP contribution in [-0.2, 0) is 14.2 Å². The predicted molar refractivity (Wildman–Crippen MR) is 137 cm³/mol. The quantitative estimate of drug-likeness (QED) is 0.512. The molecule has 0 spiro atoms. The van der Waals surface area contributed by atoms with Gasteiger partial charge in [0.2, 0.25) is 0 Å². The van der Waals surface area contributed by atoms with Gasteiger partial charge in [0, 0.05) is 13.0 Å². The van der Waals surface area contributed by atoms with Gasteiger partial charge in [-0.1, -0.05) is 6.58 Å². The van der Waals surface area contributed by atoms with Gasteiger partial charge in [-0.3, -0.25) is 4.90 Å². The van der Waals surface area contributed by atoms with Crippen LogP contribution in [0.5, 0.6) is 0 Å². The van der Waals surface area contributed by atoms with Crippen LogP contribution in [-0.4, -0.2) is 68.3 Å². The van der Waals surface area contributed by atoms with E-state index in [1.165, 1.54) is 17.6 Å². The monoisotopic (exact) mass is 505 g/mol. The van der Waals surface area contributed by atoms with E-state index in [1.807, 2.05) is 41.5 Å². The summed E-state index contributed by atoms with van der Waals surface area (Å²) in [5.74, 6) is -0.103. The van der Waals surface area contributed by atoms with Crippen LogP contribution in [0.4, 0.5) is 15.0 Å². The number of hydrogen-bond donors (Lipinski definition) is 0. The van der Waals surface area contributed by atoms with Gasteiger partial charge in [-0.15, -0.1) is 0 Å². The number of halogens is 1. The molecule has 1 aliphatic rings. The molecule has 1 amide bonds. The fraction of sp³-hybridized carbons (Fsp3) is 0.692. The lowest BCUT2D eigenvalue weighted by atomic mass is 10.0. The zero-order chi connectivity index (χ0) is 27.2. The fourth-order valence-corrected chi connectivity index (χ4v) is 4.17. The molecule has 2 aromatic rings. The summed E-state index contributed by atoms with van der Waals surface area (Å²) in [4.78, 5) is 27.0. The third-order valence-electron chi connectivity index (χ3n) is 5.68. The Morgan fingerprint density at radius 1 is 1.06 bits per heavy atom. The average Bonchev–Trinajstić information content (AvgIpc) is 3.22. The lowest BCUT2D eigenvalue weighted by molar-refractivity contribution is -0.118. The Hall–Kier alpha value is -2.59. The first kappa shape index (κ1) is 28.0. The van der Waals surface area contributed by atoms with E-state index in [1.54, 1.807) is 32.4 Å². The molecule has 4 atom stereocenters. The van der Waals surface area contributed by atoms with Crippen LogP contribution < -0.4 is 4.90 Å². The van der Waals surface area contributed by atoms with E-state index in [2.05, 4.69) is 21.5 Å². The Morgan fingerprint density at radius 2 is 1.69 bits per heavy atom. The molecule has 3 rings (SSSR count). The van der Waals surface area contributed by atoms with Crippen LogP contribution in [0.15, 0.2) is 24.8 Å². The molecule has 200 valence electrons. The van der Waals surface area contributed by atoms with Crippen LogP contribution in [0.3, 0.4) is 0 Å². The predicted octanol–water partition coefficient (Wildman–Crippen LogP) is 5.26. The van der Waals surface area contributed by atoms with Crippen molar-refractivity contribution in [3.05, 3.63) is 24.8 Å². The van der Waals surface area contributed by atoms with Crippen LogP contribution >= 0.6 is 0 Å². The summed E-state index contributed by atoms with van der Waals surface area (Å²) in [7, 11) is 1.55. The zero-order valence-corrected chi connectivity index (χ0v) is 23.1. The molecule has 1 unspecified atom stereocenters. The Labute approximate surface area is 213 Å². The van der Waals surface area contributed by atoms with Crippen LogP contribution in [0.25, 0.3) is 11.2 Å². The van der Waals surface area contributed by atoms with Crippen LogP contribution in [0.1, 0.15) is 68.4 Å². The molecule has 0 N–H and O–H groups in total. The van der Waals surface area contributed by atoms with Crippen LogP contribution in [0, 0.1) is 5.92 Å². The standard InChI is InChI=1S/C26H40FN5O4/c1-15-16(12-34-24(2,3)4)20(35-25(5,6)7)17(27)19(15)32-14-30-18-21(28-13-29-22(18)32)31(11)23(33)36-26(8,9)10/h13-14,16-17,19-20H,1,12H2,2-11H3/t16-,17?,19+,20+/m0/s1. The van der Waals surface area contributed by atoms with E-state index >= 15 is 4.39 Å². The van der Waals surface area contributed by atoms with E-state index in [0.717, 1.165) is 0 Å². The first-order chi connectivity index (χ1) is 16.4. The smallest absolute Gasteiger partial charge is 0.415 e. The third-order valence-corrected chi connectivity index (χ3v) is 5.68. The maximum atomic E-state index is 16.1. The summed E-state index contributed by atoms with van der Waals surface area (Å²) in [6.07, 6.45) is 0.0850. The molecule has 36 heavy (non-hydrogen) atoms. The molecule has 2 heterocycles. The summed E-state index contributed by atoms with van der Waals surface area (Å²) < 4.78 is 35.5. The number of carbonyl (C=O) groups excluding carboxylic acids is 1. The lowest BCUT2D eigenvalue weighted by Crippen LogP contribution is -2.38. The number of amides is 1. The van der Waals surface area contributed by atoms with Crippen molar-refractivity contribution in [1.82, 2.24) is 19.5 Å². The van der Waals surface area contributed by atoms with Crippen molar-refractivity contribution in [2.24, 2.45) is 5.92 Å². The summed E-state index contributed by atoms with van der Waals surface area (Å²) in [6.45, 7) is 21.4. The molecule has 0 bridgehead atoms. The highest BCUT2D eigenvalue weighted by Gasteiger charge is 2.50. The van der Waals surface area contributed by atoms with E-state index in [9.17, 15) is 4.79 Å². The van der Waals surface area contributed by atoms with Gasteiger partial charge in [0.05, 0.1) is 30.2 Å². The molecule has 0 aliphatic heterocycles. The minimum Gasteiger partial charge on any atom is -0.443 e. The Kier molecular flexibility index (Phi) is 7.54. The first-order valence-electron chi connectivity index (χ1n) is 12.2. The maximum Gasteiger partial charge on any atom is 0.415 e. The Morgan fingerprint density at radius 3 is 2.25 bits per heavy atom. The number of carbonyl (C=O) groups is 1. The van der Waals surface area contributed by atoms with E-state index in [-0.39, 0.29) is 18.3 Å². The number of anilines is 1. The van der Waals surface area contributed by atoms with Crippen molar-refractivity contribution in [3.8, 4) is 0 Å². The molecular formula is C26H40FN5O4. The Balaban J connectivity index is 2.00. The second kappa shape index (κ2) is 9.70. The summed E-state index contributed by atoms with van der Waals surface area (Å²) in [6, 6.07) is -0.773. The highest BCUT2D eigenvalue weighted by Crippen LogP contribution is 2.45. The Bertz CT molecular complexity index is 1110. The van der Waals surface area contributed by atoms with Gasteiger partial charge >= 0.3 is 6.09 Å². The molecule has 1 saturated carbocycles. The zero-order valence-electron chi connectivity index (χ0n) is 23.1. The van der Waals surface area contributed by atoms with Gasteiger partial charge in [-0.2, -0.15) is 0 Å². The molecule has 0 aromatic carbocycles. The highest BCUT2D eigenvalue weighted by atomic mass is 19.1. The minimum absolute atomic E-state index is 0.266. The number of ether oxygens (including phenoxy) is 3. The van der Waals surface area contributed by atoms with E-state index in [0.29, 0.717) is 16.7 Å². The van der Waals surface area contributed by atoms with Crippen LogP contribution in [0.2, 0.25) is 0 Å². The highest BCUT2D eigenvalue weighted by molar-refractivity contribution is 5.95. The minimum atomic E-state index is -1.41. The van der Waals surface area contributed by atoms with Crippen molar-refractivity contribution < 1.29 is 23.4 Å². The van der Waals surface area contributed by atoms with Crippen molar-refractivity contribution in [2.45, 2.75) is 97.4 Å². The van der Waals surface area contributed by atoms with Gasteiger partial charge < -0.3 is 18.8 Å². The molecular weight excluding hydrogens is 465 g/mol. The molecule has 10 heteroatoms. The summed E-state index contributed by atoms with van der Waals surface area (Å²) in [5.41, 5.74) is -0.253.